The molecular formula is C10H4Cl3F6NO. The van der Waals surface area contributed by atoms with Crippen LogP contribution in [0.5, 0.6) is 0 Å². The van der Waals surface area contributed by atoms with E-state index in [4.69, 9.17) is 23.2 Å². The lowest BCUT2D eigenvalue weighted by molar-refractivity contribution is -0.258. The Balaban J connectivity index is 3.28. The summed E-state index contributed by atoms with van der Waals surface area (Å²) in [5, 5.41) is 0.662. The zero-order chi connectivity index (χ0) is 16.6. The van der Waals surface area contributed by atoms with Crippen LogP contribution in [0.15, 0.2) is 18.2 Å². The molecule has 0 aliphatic carbocycles. The number of para-hydroxylation sites is 1. The standard InChI is InChI=1S/C10H4Cl3F6NO/c11-4-2-1-3-5(12)6(4)20-7(21)8(13,9(14,15)16)10(17,18)19/h1-3H,(H,20,21). The van der Waals surface area contributed by atoms with Gasteiger partial charge in [0.2, 0.25) is 0 Å². The van der Waals surface area contributed by atoms with E-state index in [1.165, 1.54) is 11.4 Å². The molecular weight excluding hydrogens is 370 g/mol. The van der Waals surface area contributed by atoms with Crippen molar-refractivity contribution in [1.29, 1.82) is 0 Å². The SMILES string of the molecule is O=C(Nc1c(Cl)cccc1Cl)C(Cl)(C(F)(F)F)C(F)(F)F. The van der Waals surface area contributed by atoms with E-state index in [1.54, 1.807) is 0 Å². The Kier molecular flexibility index (Phi) is 4.97. The van der Waals surface area contributed by atoms with Gasteiger partial charge in [-0.1, -0.05) is 40.9 Å². The van der Waals surface area contributed by atoms with Gasteiger partial charge >= 0.3 is 17.2 Å². The summed E-state index contributed by atoms with van der Waals surface area (Å²) in [6.07, 6.45) is -12.2. The fraction of sp³-hybridized carbons (Fsp3) is 0.300. The molecule has 2 nitrogen and oxygen atoms in total. The Labute approximate surface area is 129 Å². The largest absolute Gasteiger partial charge is 0.425 e. The summed E-state index contributed by atoms with van der Waals surface area (Å²) in [7, 11) is 0. The minimum Gasteiger partial charge on any atom is -0.321 e. The summed E-state index contributed by atoms with van der Waals surface area (Å²) in [4.78, 5) is 6.31. The van der Waals surface area contributed by atoms with E-state index in [1.807, 2.05) is 0 Å². The van der Waals surface area contributed by atoms with Gasteiger partial charge < -0.3 is 5.32 Å². The van der Waals surface area contributed by atoms with Crippen molar-refractivity contribution in [2.75, 3.05) is 5.32 Å². The molecule has 1 aromatic rings. The minimum absolute atomic E-state index is 0.348. The maximum Gasteiger partial charge on any atom is 0.425 e. The topological polar surface area (TPSA) is 29.1 Å². The van der Waals surface area contributed by atoms with E-state index in [0.29, 0.717) is 0 Å². The highest BCUT2D eigenvalue weighted by Crippen LogP contribution is 2.49. The van der Waals surface area contributed by atoms with E-state index < -0.39 is 28.8 Å². The highest BCUT2D eigenvalue weighted by molar-refractivity contribution is 6.42. The lowest BCUT2D eigenvalue weighted by Gasteiger charge is -2.30. The second-order valence-corrected chi connectivity index (χ2v) is 5.09. The van der Waals surface area contributed by atoms with Crippen LogP contribution >= 0.6 is 34.8 Å². The number of nitrogens with one attached hydrogen (secondary N) is 1. The number of anilines is 1. The number of hydrogen-bond acceptors (Lipinski definition) is 1. The van der Waals surface area contributed by atoms with Crippen molar-refractivity contribution in [3.8, 4) is 0 Å². The first kappa shape index (κ1) is 18.2. The third kappa shape index (κ3) is 3.32. The smallest absolute Gasteiger partial charge is 0.321 e. The molecule has 0 aliphatic rings. The van der Waals surface area contributed by atoms with Crippen LogP contribution in [0.4, 0.5) is 32.0 Å². The van der Waals surface area contributed by atoms with Gasteiger partial charge in [0, 0.05) is 0 Å². The Hall–Kier alpha value is -0.860. The predicted octanol–water partition coefficient (Wildman–Crippen LogP) is 5.03. The summed E-state index contributed by atoms with van der Waals surface area (Å²) in [5.41, 5.74) is -0.607. The van der Waals surface area contributed by atoms with E-state index in [9.17, 15) is 31.1 Å². The molecule has 0 aromatic heterocycles. The predicted molar refractivity (Wildman–Crippen MR) is 65.8 cm³/mol. The summed E-state index contributed by atoms with van der Waals surface area (Å²) in [6, 6.07) is 3.50. The Morgan fingerprint density at radius 2 is 1.33 bits per heavy atom. The average molecular weight is 374 g/mol. The molecule has 118 valence electrons. The highest BCUT2D eigenvalue weighted by atomic mass is 35.5. The van der Waals surface area contributed by atoms with Crippen LogP contribution in [0.3, 0.4) is 0 Å². The molecule has 1 rings (SSSR count). The van der Waals surface area contributed by atoms with Crippen LogP contribution in [0, 0.1) is 0 Å². The zero-order valence-corrected chi connectivity index (χ0v) is 11.8. The Morgan fingerprint density at radius 3 is 1.67 bits per heavy atom. The van der Waals surface area contributed by atoms with Crippen molar-refractivity contribution in [2.24, 2.45) is 0 Å². The van der Waals surface area contributed by atoms with Crippen molar-refractivity contribution in [1.82, 2.24) is 0 Å². The summed E-state index contributed by atoms with van der Waals surface area (Å²) < 4.78 is 75.5. The maximum atomic E-state index is 12.6. The number of halogens is 9. The number of benzene rings is 1. The summed E-state index contributed by atoms with van der Waals surface area (Å²) in [5.74, 6) is -2.56. The number of carbonyl (C=O) groups excluding carboxylic acids is 1. The molecule has 0 saturated heterocycles. The second-order valence-electron chi connectivity index (χ2n) is 3.70. The number of rotatable bonds is 2. The second kappa shape index (κ2) is 5.73. The maximum absolute atomic E-state index is 12.6. The fourth-order valence-corrected chi connectivity index (χ4v) is 1.77. The molecule has 0 spiro atoms. The van der Waals surface area contributed by atoms with Crippen molar-refractivity contribution >= 4 is 46.4 Å². The molecule has 1 amide bonds. The third-order valence-electron chi connectivity index (χ3n) is 2.30. The first-order valence-corrected chi connectivity index (χ1v) is 6.03. The van der Waals surface area contributed by atoms with Gasteiger partial charge in [0.25, 0.3) is 5.91 Å². The molecule has 11 heteroatoms. The van der Waals surface area contributed by atoms with E-state index in [-0.39, 0.29) is 10.0 Å². The molecule has 1 N–H and O–H groups in total. The lowest BCUT2D eigenvalue weighted by Crippen LogP contribution is -2.60. The molecule has 0 radical (unpaired) electrons. The number of carbonyl (C=O) groups is 1. The molecule has 21 heavy (non-hydrogen) atoms. The number of hydrogen-bond donors (Lipinski definition) is 1. The Morgan fingerprint density at radius 1 is 0.952 bits per heavy atom. The van der Waals surface area contributed by atoms with Gasteiger partial charge in [-0.05, 0) is 12.1 Å². The summed E-state index contributed by atoms with van der Waals surface area (Å²) >= 11 is 15.6. The van der Waals surface area contributed by atoms with Crippen molar-refractivity contribution in [3.05, 3.63) is 28.2 Å². The van der Waals surface area contributed by atoms with Crippen LogP contribution in [0.2, 0.25) is 10.0 Å². The first-order chi connectivity index (χ1) is 9.32. The molecule has 0 bridgehead atoms. The number of alkyl halides is 7. The first-order valence-electron chi connectivity index (χ1n) is 4.90. The van der Waals surface area contributed by atoms with Gasteiger partial charge in [-0.25, -0.2) is 0 Å². The van der Waals surface area contributed by atoms with Gasteiger partial charge in [-0.3, -0.25) is 4.79 Å². The lowest BCUT2D eigenvalue weighted by atomic mass is 10.1. The molecule has 0 saturated carbocycles. The van der Waals surface area contributed by atoms with Crippen LogP contribution in [0.1, 0.15) is 0 Å². The third-order valence-corrected chi connectivity index (χ3v) is 3.53. The van der Waals surface area contributed by atoms with Crippen LogP contribution in [-0.4, -0.2) is 23.1 Å². The van der Waals surface area contributed by atoms with Crippen molar-refractivity contribution < 1.29 is 31.1 Å². The van der Waals surface area contributed by atoms with Crippen LogP contribution in [0.25, 0.3) is 0 Å². The van der Waals surface area contributed by atoms with E-state index >= 15 is 0 Å². The van der Waals surface area contributed by atoms with Crippen molar-refractivity contribution in [3.63, 3.8) is 0 Å². The van der Waals surface area contributed by atoms with Gasteiger partial charge in [0.05, 0.1) is 15.7 Å². The monoisotopic (exact) mass is 373 g/mol. The molecule has 1 aromatic carbocycles. The molecule has 0 heterocycles. The van der Waals surface area contributed by atoms with Crippen molar-refractivity contribution in [2.45, 2.75) is 17.2 Å². The molecule has 0 aliphatic heterocycles. The van der Waals surface area contributed by atoms with Gasteiger partial charge in [0.15, 0.2) is 0 Å². The van der Waals surface area contributed by atoms with Gasteiger partial charge in [-0.15, -0.1) is 0 Å². The summed E-state index contributed by atoms with van der Waals surface area (Å²) in [6.45, 7) is 0. The van der Waals surface area contributed by atoms with Gasteiger partial charge in [0.1, 0.15) is 0 Å². The normalized spacial score (nSPS) is 13.2. The minimum atomic E-state index is -6.08. The van der Waals surface area contributed by atoms with Crippen LogP contribution in [-0.2, 0) is 4.79 Å². The number of amides is 1. The van der Waals surface area contributed by atoms with Crippen LogP contribution < -0.4 is 5.32 Å². The van der Waals surface area contributed by atoms with E-state index in [0.717, 1.165) is 12.1 Å². The quantitative estimate of drug-likeness (QED) is 0.571. The zero-order valence-electron chi connectivity index (χ0n) is 9.54. The molecule has 0 unspecified atom stereocenters. The van der Waals surface area contributed by atoms with Gasteiger partial charge in [-0.2, -0.15) is 26.3 Å². The molecule has 0 fully saturated rings. The highest BCUT2D eigenvalue weighted by Gasteiger charge is 2.75. The fourth-order valence-electron chi connectivity index (χ4n) is 1.24. The molecule has 0 atom stereocenters. The van der Waals surface area contributed by atoms with E-state index in [2.05, 4.69) is 11.6 Å². The average Bonchev–Trinajstić information content (AvgIpc) is 2.29. The Bertz CT molecular complexity index is 522.